The number of carboxylic acid groups (broad SMARTS) is 1. The number of hydrogen-bond acceptors (Lipinski definition) is 3. The van der Waals surface area contributed by atoms with Gasteiger partial charge in [-0.15, -0.1) is 0 Å². The molecule has 17 heavy (non-hydrogen) atoms. The lowest BCUT2D eigenvalue weighted by atomic mass is 10.0. The van der Waals surface area contributed by atoms with Crippen LogP contribution in [-0.4, -0.2) is 23.8 Å². The van der Waals surface area contributed by atoms with Crippen molar-refractivity contribution in [2.75, 3.05) is 7.11 Å². The highest BCUT2D eigenvalue weighted by Gasteiger charge is 2.43. The second kappa shape index (κ2) is 4.65. The van der Waals surface area contributed by atoms with Gasteiger partial charge in [0.05, 0.1) is 7.11 Å². The molecule has 2 rings (SSSR count). The van der Waals surface area contributed by atoms with Crippen LogP contribution < -0.4 is 9.47 Å². The molecule has 0 saturated heterocycles. The first-order valence-corrected chi connectivity index (χ1v) is 5.73. The molecule has 1 saturated carbocycles. The molecular formula is C13H16O4. The van der Waals surface area contributed by atoms with E-state index in [0.29, 0.717) is 24.3 Å². The zero-order chi connectivity index (χ0) is 12.3. The van der Waals surface area contributed by atoms with Gasteiger partial charge in [-0.3, -0.25) is 0 Å². The number of carboxylic acids is 1. The lowest BCUT2D eigenvalue weighted by molar-refractivity contribution is -0.154. The summed E-state index contributed by atoms with van der Waals surface area (Å²) >= 11 is 0. The van der Waals surface area contributed by atoms with Crippen LogP contribution in [0.3, 0.4) is 0 Å². The zero-order valence-corrected chi connectivity index (χ0v) is 9.81. The van der Waals surface area contributed by atoms with Gasteiger partial charge in [-0.2, -0.15) is 0 Å². The minimum atomic E-state index is -1.05. The molecule has 0 aromatic heterocycles. The smallest absolute Gasteiger partial charge is 0.348 e. The summed E-state index contributed by atoms with van der Waals surface area (Å²) in [5.74, 6) is 0.340. The van der Waals surface area contributed by atoms with Gasteiger partial charge < -0.3 is 14.6 Å². The zero-order valence-electron chi connectivity index (χ0n) is 9.81. The largest absolute Gasteiger partial charge is 0.497 e. The summed E-state index contributed by atoms with van der Waals surface area (Å²) in [5, 5.41) is 9.30. The molecule has 0 unspecified atom stereocenters. The normalized spacial score (nSPS) is 17.7. The van der Waals surface area contributed by atoms with E-state index in [0.717, 1.165) is 12.8 Å². The van der Waals surface area contributed by atoms with Gasteiger partial charge in [0.25, 0.3) is 0 Å². The second-order valence-corrected chi connectivity index (χ2v) is 4.29. The van der Waals surface area contributed by atoms with Crippen molar-refractivity contribution in [2.45, 2.75) is 31.3 Å². The van der Waals surface area contributed by atoms with E-state index < -0.39 is 11.6 Å². The molecule has 0 amide bonds. The van der Waals surface area contributed by atoms with Gasteiger partial charge in [0.2, 0.25) is 5.60 Å². The minimum Gasteiger partial charge on any atom is -0.497 e. The topological polar surface area (TPSA) is 55.8 Å². The van der Waals surface area contributed by atoms with Crippen LogP contribution in [-0.2, 0) is 4.79 Å². The average molecular weight is 236 g/mol. The predicted molar refractivity (Wildman–Crippen MR) is 62.5 cm³/mol. The maximum atomic E-state index is 11.3. The summed E-state index contributed by atoms with van der Waals surface area (Å²) in [6.07, 6.45) is 2.94. The molecule has 1 aromatic rings. The van der Waals surface area contributed by atoms with Crippen LogP contribution in [0.4, 0.5) is 0 Å². The number of rotatable bonds is 4. The highest BCUT2D eigenvalue weighted by atomic mass is 16.5. The third-order valence-corrected chi connectivity index (χ3v) is 3.16. The first-order valence-electron chi connectivity index (χ1n) is 5.73. The number of benzene rings is 1. The Balaban J connectivity index is 2.20. The standard InChI is InChI=1S/C13H16O4/c1-16-10-5-4-6-11(9-10)17-13(12(14)15)7-2-3-8-13/h4-6,9H,2-3,7-8H2,1H3,(H,14,15). The molecule has 0 atom stereocenters. The summed E-state index contributed by atoms with van der Waals surface area (Å²) in [6.45, 7) is 0. The number of aliphatic carboxylic acids is 1. The van der Waals surface area contributed by atoms with Crippen molar-refractivity contribution < 1.29 is 19.4 Å². The monoisotopic (exact) mass is 236 g/mol. The van der Waals surface area contributed by atoms with Gasteiger partial charge in [-0.25, -0.2) is 4.79 Å². The van der Waals surface area contributed by atoms with Crippen LogP contribution in [0, 0.1) is 0 Å². The van der Waals surface area contributed by atoms with E-state index >= 15 is 0 Å². The van der Waals surface area contributed by atoms with Crippen molar-refractivity contribution in [3.05, 3.63) is 24.3 Å². The highest BCUT2D eigenvalue weighted by Crippen LogP contribution is 2.35. The summed E-state index contributed by atoms with van der Waals surface area (Å²) in [5.41, 5.74) is -1.05. The predicted octanol–water partition coefficient (Wildman–Crippen LogP) is 2.47. The van der Waals surface area contributed by atoms with Crippen LogP contribution in [0.2, 0.25) is 0 Å². The average Bonchev–Trinajstić information content (AvgIpc) is 2.79. The lowest BCUT2D eigenvalue weighted by Gasteiger charge is -2.25. The maximum absolute atomic E-state index is 11.3. The van der Waals surface area contributed by atoms with Gasteiger partial charge >= 0.3 is 5.97 Å². The summed E-state index contributed by atoms with van der Waals surface area (Å²) in [6, 6.07) is 7.06. The molecule has 1 aliphatic carbocycles. The molecule has 0 bridgehead atoms. The second-order valence-electron chi connectivity index (χ2n) is 4.29. The third kappa shape index (κ3) is 2.35. The number of ether oxygens (including phenoxy) is 2. The number of hydrogen-bond donors (Lipinski definition) is 1. The fourth-order valence-corrected chi connectivity index (χ4v) is 2.20. The Labute approximate surface area is 100 Å². The number of carbonyl (C=O) groups is 1. The van der Waals surface area contributed by atoms with Crippen LogP contribution in [0.25, 0.3) is 0 Å². The van der Waals surface area contributed by atoms with Gasteiger partial charge in [0, 0.05) is 6.07 Å². The van der Waals surface area contributed by atoms with E-state index in [1.165, 1.54) is 0 Å². The summed E-state index contributed by atoms with van der Waals surface area (Å²) in [4.78, 5) is 11.3. The van der Waals surface area contributed by atoms with Gasteiger partial charge in [-0.1, -0.05) is 6.07 Å². The fourth-order valence-electron chi connectivity index (χ4n) is 2.20. The minimum absolute atomic E-state index is 0.550. The first-order chi connectivity index (χ1) is 8.16. The van der Waals surface area contributed by atoms with E-state index in [4.69, 9.17) is 9.47 Å². The molecule has 0 spiro atoms. The van der Waals surface area contributed by atoms with Gasteiger partial charge in [0.1, 0.15) is 11.5 Å². The summed E-state index contributed by atoms with van der Waals surface area (Å²) in [7, 11) is 1.57. The molecule has 4 nitrogen and oxygen atoms in total. The third-order valence-electron chi connectivity index (χ3n) is 3.16. The Bertz CT molecular complexity index is 408. The van der Waals surface area contributed by atoms with E-state index in [2.05, 4.69) is 0 Å². The van der Waals surface area contributed by atoms with Crippen molar-refractivity contribution in [3.8, 4) is 11.5 Å². The van der Waals surface area contributed by atoms with E-state index in [-0.39, 0.29) is 0 Å². The van der Waals surface area contributed by atoms with Crippen LogP contribution in [0.15, 0.2) is 24.3 Å². The van der Waals surface area contributed by atoms with Crippen LogP contribution in [0.1, 0.15) is 25.7 Å². The van der Waals surface area contributed by atoms with Crippen molar-refractivity contribution in [3.63, 3.8) is 0 Å². The molecule has 4 heteroatoms. The molecule has 1 aromatic carbocycles. The molecule has 1 N–H and O–H groups in total. The van der Waals surface area contributed by atoms with Crippen LogP contribution in [0.5, 0.6) is 11.5 Å². The van der Waals surface area contributed by atoms with Crippen molar-refractivity contribution in [2.24, 2.45) is 0 Å². The SMILES string of the molecule is COc1cccc(OC2(C(=O)O)CCCC2)c1. The molecule has 0 heterocycles. The van der Waals surface area contributed by atoms with Gasteiger partial charge in [-0.05, 0) is 37.8 Å². The van der Waals surface area contributed by atoms with Crippen molar-refractivity contribution >= 4 is 5.97 Å². The van der Waals surface area contributed by atoms with Crippen molar-refractivity contribution in [1.29, 1.82) is 0 Å². The number of methoxy groups -OCH3 is 1. The molecule has 0 radical (unpaired) electrons. The molecule has 92 valence electrons. The summed E-state index contributed by atoms with van der Waals surface area (Å²) < 4.78 is 10.8. The Morgan fingerprint density at radius 3 is 2.53 bits per heavy atom. The Kier molecular flexibility index (Phi) is 3.22. The lowest BCUT2D eigenvalue weighted by Crippen LogP contribution is -2.41. The Morgan fingerprint density at radius 2 is 1.94 bits per heavy atom. The van der Waals surface area contributed by atoms with E-state index in [9.17, 15) is 9.90 Å². The van der Waals surface area contributed by atoms with E-state index in [1.807, 2.05) is 0 Å². The molecular weight excluding hydrogens is 220 g/mol. The quantitative estimate of drug-likeness (QED) is 0.872. The molecule has 1 fully saturated rings. The molecule has 0 aliphatic heterocycles. The van der Waals surface area contributed by atoms with E-state index in [1.54, 1.807) is 31.4 Å². The Hall–Kier alpha value is -1.71. The molecule has 1 aliphatic rings. The maximum Gasteiger partial charge on any atom is 0.348 e. The fraction of sp³-hybridized carbons (Fsp3) is 0.462. The van der Waals surface area contributed by atoms with Gasteiger partial charge in [0.15, 0.2) is 0 Å². The van der Waals surface area contributed by atoms with Crippen molar-refractivity contribution in [1.82, 2.24) is 0 Å². The first kappa shape index (κ1) is 11.8. The highest BCUT2D eigenvalue weighted by molar-refractivity contribution is 5.78. The van der Waals surface area contributed by atoms with Crippen LogP contribution >= 0.6 is 0 Å². The Morgan fingerprint density at radius 1 is 1.29 bits per heavy atom.